The van der Waals surface area contributed by atoms with E-state index in [1.807, 2.05) is 4.90 Å². The Kier molecular flexibility index (Phi) is 3.46. The zero-order chi connectivity index (χ0) is 11.4. The van der Waals surface area contributed by atoms with Gasteiger partial charge in [0.25, 0.3) is 0 Å². The van der Waals surface area contributed by atoms with Gasteiger partial charge in [0.05, 0.1) is 5.69 Å². The number of hydrogen-bond acceptors (Lipinski definition) is 4. The van der Waals surface area contributed by atoms with Crippen LogP contribution in [0.5, 0.6) is 0 Å². The van der Waals surface area contributed by atoms with E-state index >= 15 is 0 Å². The summed E-state index contributed by atoms with van der Waals surface area (Å²) in [5.74, 6) is 0.536. The van der Waals surface area contributed by atoms with E-state index in [1.165, 1.54) is 0 Å². The van der Waals surface area contributed by atoms with E-state index in [2.05, 4.69) is 9.97 Å². The molecule has 16 heavy (non-hydrogen) atoms. The molecule has 1 aromatic rings. The van der Waals surface area contributed by atoms with Gasteiger partial charge in [-0.15, -0.1) is 0 Å². The molecule has 0 aliphatic carbocycles. The highest BCUT2D eigenvalue weighted by atomic mass is 16.2. The molecule has 1 aliphatic rings. The van der Waals surface area contributed by atoms with Gasteiger partial charge in [0.15, 0.2) is 0 Å². The van der Waals surface area contributed by atoms with E-state index < -0.39 is 0 Å². The number of nitrogens with zero attached hydrogens (tertiary/aromatic N) is 3. The summed E-state index contributed by atoms with van der Waals surface area (Å²) in [5, 5.41) is 0. The van der Waals surface area contributed by atoms with Crippen LogP contribution in [0.25, 0.3) is 0 Å². The highest BCUT2D eigenvalue weighted by Gasteiger charge is 2.27. The molecule has 5 nitrogen and oxygen atoms in total. The molecule has 1 aliphatic heterocycles. The molecule has 2 rings (SSSR count). The molecular weight excluding hydrogens is 204 g/mol. The van der Waals surface area contributed by atoms with Crippen molar-refractivity contribution in [3.8, 4) is 0 Å². The van der Waals surface area contributed by atoms with Gasteiger partial charge in [-0.1, -0.05) is 0 Å². The van der Waals surface area contributed by atoms with E-state index in [9.17, 15) is 4.79 Å². The molecule has 1 aromatic heterocycles. The number of hydrogen-bond donors (Lipinski definition) is 1. The summed E-state index contributed by atoms with van der Waals surface area (Å²) >= 11 is 0. The third kappa shape index (κ3) is 2.55. The SMILES string of the molecule is NCC1CC(=O)N(CCc2cnccn2)C1. The van der Waals surface area contributed by atoms with Gasteiger partial charge in [-0.3, -0.25) is 14.8 Å². The molecular formula is C11H16N4O. The molecule has 86 valence electrons. The first-order valence-electron chi connectivity index (χ1n) is 5.52. The predicted molar refractivity (Wildman–Crippen MR) is 59.5 cm³/mol. The Labute approximate surface area is 94.7 Å². The first-order chi connectivity index (χ1) is 7.79. The first kappa shape index (κ1) is 11.0. The van der Waals surface area contributed by atoms with Gasteiger partial charge in [0.2, 0.25) is 5.91 Å². The standard InChI is InChI=1S/C11H16N4O/c12-6-9-5-11(16)15(8-9)4-1-10-7-13-2-3-14-10/h2-3,7,9H,1,4-6,8,12H2. The van der Waals surface area contributed by atoms with Crippen molar-refractivity contribution in [1.82, 2.24) is 14.9 Å². The molecule has 0 spiro atoms. The lowest BCUT2D eigenvalue weighted by molar-refractivity contribution is -0.127. The molecule has 0 aromatic carbocycles. The van der Waals surface area contributed by atoms with Crippen molar-refractivity contribution in [1.29, 1.82) is 0 Å². The van der Waals surface area contributed by atoms with Crippen LogP contribution in [0.3, 0.4) is 0 Å². The van der Waals surface area contributed by atoms with Crippen molar-refractivity contribution < 1.29 is 4.79 Å². The fraction of sp³-hybridized carbons (Fsp3) is 0.545. The van der Waals surface area contributed by atoms with E-state index in [4.69, 9.17) is 5.73 Å². The van der Waals surface area contributed by atoms with Gasteiger partial charge >= 0.3 is 0 Å². The lowest BCUT2D eigenvalue weighted by Gasteiger charge is -2.15. The van der Waals surface area contributed by atoms with Gasteiger partial charge in [-0.25, -0.2) is 0 Å². The number of rotatable bonds is 4. The zero-order valence-corrected chi connectivity index (χ0v) is 9.17. The second-order valence-electron chi connectivity index (χ2n) is 4.09. The minimum absolute atomic E-state index is 0.208. The second-order valence-corrected chi connectivity index (χ2v) is 4.09. The fourth-order valence-electron chi connectivity index (χ4n) is 1.94. The topological polar surface area (TPSA) is 72.1 Å². The van der Waals surface area contributed by atoms with Crippen LogP contribution in [0.4, 0.5) is 0 Å². The molecule has 5 heteroatoms. The maximum atomic E-state index is 11.6. The van der Waals surface area contributed by atoms with Crippen molar-refractivity contribution in [2.75, 3.05) is 19.6 Å². The Bertz CT molecular complexity index is 354. The van der Waals surface area contributed by atoms with Crippen LogP contribution in [0.1, 0.15) is 12.1 Å². The number of amides is 1. The van der Waals surface area contributed by atoms with Gasteiger partial charge in [0.1, 0.15) is 0 Å². The summed E-state index contributed by atoms with van der Waals surface area (Å²) in [5.41, 5.74) is 6.49. The Morgan fingerprint density at radius 1 is 1.50 bits per heavy atom. The summed E-state index contributed by atoms with van der Waals surface area (Å²) in [7, 11) is 0. The summed E-state index contributed by atoms with van der Waals surface area (Å²) in [6, 6.07) is 0. The Hall–Kier alpha value is -1.49. The highest BCUT2D eigenvalue weighted by molar-refractivity contribution is 5.78. The van der Waals surface area contributed by atoms with Gasteiger partial charge in [-0.05, 0) is 12.5 Å². The average molecular weight is 220 g/mol. The smallest absolute Gasteiger partial charge is 0.222 e. The van der Waals surface area contributed by atoms with Gasteiger partial charge in [0, 0.05) is 44.5 Å². The lowest BCUT2D eigenvalue weighted by atomic mass is 10.1. The summed E-state index contributed by atoms with van der Waals surface area (Å²) in [6.07, 6.45) is 6.41. The number of aromatic nitrogens is 2. The summed E-state index contributed by atoms with van der Waals surface area (Å²) in [6.45, 7) is 2.09. The maximum absolute atomic E-state index is 11.6. The number of carbonyl (C=O) groups excluding carboxylic acids is 1. The van der Waals surface area contributed by atoms with Crippen LogP contribution in [0.15, 0.2) is 18.6 Å². The second kappa shape index (κ2) is 5.03. The van der Waals surface area contributed by atoms with Crippen molar-refractivity contribution in [2.45, 2.75) is 12.8 Å². The monoisotopic (exact) mass is 220 g/mol. The normalized spacial score (nSPS) is 20.4. The number of nitrogens with two attached hydrogens (primary N) is 1. The largest absolute Gasteiger partial charge is 0.342 e. The molecule has 0 radical (unpaired) electrons. The van der Waals surface area contributed by atoms with Crippen LogP contribution < -0.4 is 5.73 Å². The molecule has 0 saturated carbocycles. The van der Waals surface area contributed by atoms with Crippen LogP contribution in [0, 0.1) is 5.92 Å². The Balaban J connectivity index is 1.85. The highest BCUT2D eigenvalue weighted by Crippen LogP contribution is 2.16. The molecule has 2 N–H and O–H groups in total. The first-order valence-corrected chi connectivity index (χ1v) is 5.52. The molecule has 0 bridgehead atoms. The third-order valence-electron chi connectivity index (χ3n) is 2.88. The minimum atomic E-state index is 0.208. The summed E-state index contributed by atoms with van der Waals surface area (Å²) in [4.78, 5) is 21.6. The molecule has 1 amide bonds. The van der Waals surface area contributed by atoms with Crippen molar-refractivity contribution in [3.05, 3.63) is 24.3 Å². The molecule has 1 unspecified atom stereocenters. The van der Waals surface area contributed by atoms with Crippen LogP contribution in [-0.4, -0.2) is 40.4 Å². The van der Waals surface area contributed by atoms with E-state index in [0.717, 1.165) is 18.7 Å². The van der Waals surface area contributed by atoms with Crippen molar-refractivity contribution in [3.63, 3.8) is 0 Å². The van der Waals surface area contributed by atoms with Crippen LogP contribution >= 0.6 is 0 Å². The molecule has 2 heterocycles. The maximum Gasteiger partial charge on any atom is 0.222 e. The lowest BCUT2D eigenvalue weighted by Crippen LogP contribution is -2.28. The van der Waals surface area contributed by atoms with Crippen molar-refractivity contribution >= 4 is 5.91 Å². The number of carbonyl (C=O) groups is 1. The van der Waals surface area contributed by atoms with E-state index in [1.54, 1.807) is 18.6 Å². The quantitative estimate of drug-likeness (QED) is 0.764. The van der Waals surface area contributed by atoms with Crippen LogP contribution in [-0.2, 0) is 11.2 Å². The Morgan fingerprint density at radius 2 is 2.38 bits per heavy atom. The van der Waals surface area contributed by atoms with Gasteiger partial charge < -0.3 is 10.6 Å². The minimum Gasteiger partial charge on any atom is -0.342 e. The van der Waals surface area contributed by atoms with E-state index in [-0.39, 0.29) is 5.91 Å². The van der Waals surface area contributed by atoms with Crippen molar-refractivity contribution in [2.24, 2.45) is 11.7 Å². The summed E-state index contributed by atoms with van der Waals surface area (Å²) < 4.78 is 0. The zero-order valence-electron chi connectivity index (χ0n) is 9.17. The predicted octanol–water partition coefficient (Wildman–Crippen LogP) is -0.174. The van der Waals surface area contributed by atoms with E-state index in [0.29, 0.717) is 25.4 Å². The number of likely N-dealkylation sites (tertiary alicyclic amines) is 1. The average Bonchev–Trinajstić information content (AvgIpc) is 2.69. The molecule has 1 saturated heterocycles. The molecule has 1 atom stereocenters. The Morgan fingerprint density at radius 3 is 3.00 bits per heavy atom. The van der Waals surface area contributed by atoms with Gasteiger partial charge in [-0.2, -0.15) is 0 Å². The fourth-order valence-corrected chi connectivity index (χ4v) is 1.94. The van der Waals surface area contributed by atoms with Crippen LogP contribution in [0.2, 0.25) is 0 Å². The third-order valence-corrected chi connectivity index (χ3v) is 2.88. The molecule has 1 fully saturated rings.